The van der Waals surface area contributed by atoms with Gasteiger partial charge < -0.3 is 14.2 Å². The van der Waals surface area contributed by atoms with Crippen LogP contribution in [0.4, 0.5) is 0 Å². The lowest BCUT2D eigenvalue weighted by molar-refractivity contribution is 0.0912. The Labute approximate surface area is 151 Å². The van der Waals surface area contributed by atoms with E-state index in [4.69, 9.17) is 20.4 Å². The summed E-state index contributed by atoms with van der Waals surface area (Å²) in [5.41, 5.74) is 1.43. The standard InChI is InChI=1S/C19H21ClN2O3/c1-11-5-7-17(24-11)15(22(3)4)10-21-19(23)18-12(2)14-9-13(20)6-8-16(14)25-18/h5-9,15H,10H2,1-4H3,(H,21,23)/t15-/m1/s1. The molecule has 0 radical (unpaired) electrons. The molecule has 25 heavy (non-hydrogen) atoms. The van der Waals surface area contributed by atoms with Crippen LogP contribution in [0.1, 0.15) is 33.7 Å². The molecule has 0 aliphatic rings. The topological polar surface area (TPSA) is 58.6 Å². The lowest BCUT2D eigenvalue weighted by atomic mass is 10.1. The molecule has 0 saturated heterocycles. The van der Waals surface area contributed by atoms with Gasteiger partial charge in [0, 0.05) is 22.5 Å². The summed E-state index contributed by atoms with van der Waals surface area (Å²) in [4.78, 5) is 14.6. The molecule has 0 aliphatic carbocycles. The second kappa shape index (κ2) is 6.94. The van der Waals surface area contributed by atoms with Gasteiger partial charge in [-0.25, -0.2) is 0 Å². The number of benzene rings is 1. The Morgan fingerprint density at radius 3 is 2.60 bits per heavy atom. The fourth-order valence-corrected chi connectivity index (χ4v) is 3.02. The maximum absolute atomic E-state index is 12.6. The maximum Gasteiger partial charge on any atom is 0.287 e. The molecule has 0 spiro atoms. The van der Waals surface area contributed by atoms with Gasteiger partial charge in [-0.2, -0.15) is 0 Å². The zero-order valence-electron chi connectivity index (χ0n) is 14.7. The van der Waals surface area contributed by atoms with Crippen LogP contribution in [0.15, 0.2) is 39.2 Å². The molecule has 3 aromatic rings. The summed E-state index contributed by atoms with van der Waals surface area (Å²) in [6, 6.07) is 9.12. The number of hydrogen-bond donors (Lipinski definition) is 1. The van der Waals surface area contributed by atoms with Crippen molar-refractivity contribution in [1.82, 2.24) is 10.2 Å². The third-order valence-electron chi connectivity index (χ3n) is 4.27. The van der Waals surface area contributed by atoms with Crippen molar-refractivity contribution in [1.29, 1.82) is 0 Å². The molecule has 132 valence electrons. The number of nitrogens with one attached hydrogen (secondary N) is 1. The SMILES string of the molecule is Cc1ccc([C@@H](CNC(=O)c2oc3ccc(Cl)cc3c2C)N(C)C)o1. The Kier molecular flexibility index (Phi) is 4.88. The molecule has 0 unspecified atom stereocenters. The quantitative estimate of drug-likeness (QED) is 0.735. The first-order valence-corrected chi connectivity index (χ1v) is 8.44. The van der Waals surface area contributed by atoms with E-state index in [0.717, 1.165) is 22.5 Å². The van der Waals surface area contributed by atoms with Gasteiger partial charge in [0.05, 0.1) is 6.04 Å². The molecule has 1 N–H and O–H groups in total. The Balaban J connectivity index is 1.78. The number of hydrogen-bond acceptors (Lipinski definition) is 4. The van der Waals surface area contributed by atoms with Crippen LogP contribution >= 0.6 is 11.6 Å². The zero-order chi connectivity index (χ0) is 18.1. The Morgan fingerprint density at radius 2 is 1.96 bits per heavy atom. The minimum Gasteiger partial charge on any atom is -0.465 e. The first kappa shape index (κ1) is 17.6. The minimum atomic E-state index is -0.250. The molecular weight excluding hydrogens is 340 g/mol. The van der Waals surface area contributed by atoms with E-state index in [1.165, 1.54) is 0 Å². The number of halogens is 1. The summed E-state index contributed by atoms with van der Waals surface area (Å²) in [6.45, 7) is 4.17. The Bertz CT molecular complexity index is 911. The van der Waals surface area contributed by atoms with Crippen LogP contribution in [-0.4, -0.2) is 31.4 Å². The van der Waals surface area contributed by atoms with Gasteiger partial charge in [-0.3, -0.25) is 9.69 Å². The van der Waals surface area contributed by atoms with E-state index in [0.29, 0.717) is 22.9 Å². The highest BCUT2D eigenvalue weighted by Gasteiger charge is 2.22. The first-order valence-electron chi connectivity index (χ1n) is 8.06. The van der Waals surface area contributed by atoms with Gasteiger partial charge in [-0.15, -0.1) is 0 Å². The highest BCUT2D eigenvalue weighted by molar-refractivity contribution is 6.31. The van der Waals surface area contributed by atoms with Crippen molar-refractivity contribution >= 4 is 28.5 Å². The summed E-state index contributed by atoms with van der Waals surface area (Å²) in [6.07, 6.45) is 0. The third-order valence-corrected chi connectivity index (χ3v) is 4.51. The van der Waals surface area contributed by atoms with E-state index >= 15 is 0 Å². The van der Waals surface area contributed by atoms with Crippen LogP contribution in [0.5, 0.6) is 0 Å². The fraction of sp³-hybridized carbons (Fsp3) is 0.316. The van der Waals surface area contributed by atoms with Crippen LogP contribution in [0.25, 0.3) is 11.0 Å². The number of amides is 1. The summed E-state index contributed by atoms with van der Waals surface area (Å²) < 4.78 is 11.4. The number of fused-ring (bicyclic) bond motifs is 1. The first-order chi connectivity index (χ1) is 11.9. The smallest absolute Gasteiger partial charge is 0.287 e. The number of furan rings is 2. The van der Waals surface area contributed by atoms with Crippen molar-refractivity contribution in [3.63, 3.8) is 0 Å². The van der Waals surface area contributed by atoms with Gasteiger partial charge in [0.15, 0.2) is 5.76 Å². The van der Waals surface area contributed by atoms with Gasteiger partial charge >= 0.3 is 0 Å². The second-order valence-electron chi connectivity index (χ2n) is 6.33. The molecule has 0 bridgehead atoms. The molecule has 0 fully saturated rings. The van der Waals surface area contributed by atoms with E-state index in [1.807, 2.05) is 45.0 Å². The number of rotatable bonds is 5. The van der Waals surface area contributed by atoms with Gasteiger partial charge in [0.2, 0.25) is 0 Å². The van der Waals surface area contributed by atoms with Crippen molar-refractivity contribution in [2.75, 3.05) is 20.6 Å². The van der Waals surface area contributed by atoms with Crippen molar-refractivity contribution in [2.45, 2.75) is 19.9 Å². The number of nitrogens with zero attached hydrogens (tertiary/aromatic N) is 1. The molecule has 0 saturated carbocycles. The Morgan fingerprint density at radius 1 is 1.20 bits per heavy atom. The van der Waals surface area contributed by atoms with Crippen LogP contribution in [0, 0.1) is 13.8 Å². The van der Waals surface area contributed by atoms with E-state index < -0.39 is 0 Å². The van der Waals surface area contributed by atoms with E-state index in [-0.39, 0.29) is 11.9 Å². The molecule has 5 nitrogen and oxygen atoms in total. The highest BCUT2D eigenvalue weighted by atomic mass is 35.5. The predicted molar refractivity (Wildman–Crippen MR) is 98.2 cm³/mol. The second-order valence-corrected chi connectivity index (χ2v) is 6.77. The van der Waals surface area contributed by atoms with Crippen LogP contribution in [0.2, 0.25) is 5.02 Å². The average Bonchev–Trinajstić information content (AvgIpc) is 3.11. The highest BCUT2D eigenvalue weighted by Crippen LogP contribution is 2.28. The molecule has 2 aromatic heterocycles. The number of carbonyl (C=O) groups is 1. The molecule has 1 amide bonds. The summed E-state index contributed by atoms with van der Waals surface area (Å²) >= 11 is 6.03. The largest absolute Gasteiger partial charge is 0.465 e. The molecule has 6 heteroatoms. The maximum atomic E-state index is 12.6. The van der Waals surface area contributed by atoms with Crippen molar-refractivity contribution in [3.8, 4) is 0 Å². The van der Waals surface area contributed by atoms with Crippen LogP contribution < -0.4 is 5.32 Å². The van der Waals surface area contributed by atoms with E-state index in [9.17, 15) is 4.79 Å². The molecule has 2 heterocycles. The number of carbonyl (C=O) groups excluding carboxylic acids is 1. The normalized spacial score (nSPS) is 12.7. The monoisotopic (exact) mass is 360 g/mol. The van der Waals surface area contributed by atoms with Crippen LogP contribution in [0.3, 0.4) is 0 Å². The lowest BCUT2D eigenvalue weighted by Gasteiger charge is -2.22. The number of aryl methyl sites for hydroxylation is 2. The molecular formula is C19H21ClN2O3. The lowest BCUT2D eigenvalue weighted by Crippen LogP contribution is -2.34. The van der Waals surface area contributed by atoms with E-state index in [2.05, 4.69) is 5.32 Å². The molecule has 1 aromatic carbocycles. The van der Waals surface area contributed by atoms with Gasteiger partial charge in [0.25, 0.3) is 5.91 Å². The third kappa shape index (κ3) is 3.57. The summed E-state index contributed by atoms with van der Waals surface area (Å²) in [5.74, 6) is 1.72. The van der Waals surface area contributed by atoms with Crippen molar-refractivity contribution < 1.29 is 13.6 Å². The molecule has 3 rings (SSSR count). The zero-order valence-corrected chi connectivity index (χ0v) is 15.5. The average molecular weight is 361 g/mol. The van der Waals surface area contributed by atoms with Crippen molar-refractivity contribution in [2.24, 2.45) is 0 Å². The predicted octanol–water partition coefficient (Wildman–Crippen LogP) is 4.33. The van der Waals surface area contributed by atoms with Gasteiger partial charge in [-0.05, 0) is 58.3 Å². The van der Waals surface area contributed by atoms with Gasteiger partial charge in [-0.1, -0.05) is 11.6 Å². The van der Waals surface area contributed by atoms with Crippen molar-refractivity contribution in [3.05, 3.63) is 58.2 Å². The van der Waals surface area contributed by atoms with Crippen LogP contribution in [-0.2, 0) is 0 Å². The molecule has 1 atom stereocenters. The van der Waals surface area contributed by atoms with E-state index in [1.54, 1.807) is 18.2 Å². The van der Waals surface area contributed by atoms with Gasteiger partial charge in [0.1, 0.15) is 17.1 Å². The molecule has 0 aliphatic heterocycles. The summed E-state index contributed by atoms with van der Waals surface area (Å²) in [5, 5.41) is 4.40. The minimum absolute atomic E-state index is 0.0585. The fourth-order valence-electron chi connectivity index (χ4n) is 2.85. The number of likely N-dealkylation sites (N-methyl/N-ethyl adjacent to an activating group) is 1. The summed E-state index contributed by atoms with van der Waals surface area (Å²) in [7, 11) is 3.90. The Hall–Kier alpha value is -2.24.